The van der Waals surface area contributed by atoms with Crippen LogP contribution in [0.25, 0.3) is 10.1 Å². The highest BCUT2D eigenvalue weighted by atomic mass is 32.1. The average Bonchev–Trinajstić information content (AvgIpc) is 2.67. The van der Waals surface area contributed by atoms with E-state index in [-0.39, 0.29) is 5.56 Å². The van der Waals surface area contributed by atoms with E-state index in [2.05, 4.69) is 9.72 Å². The van der Waals surface area contributed by atoms with Gasteiger partial charge in [0.1, 0.15) is 0 Å². The van der Waals surface area contributed by atoms with Crippen molar-refractivity contribution in [2.75, 3.05) is 7.11 Å². The Balaban J connectivity index is 2.79. The molecule has 2 aromatic heterocycles. The zero-order valence-electron chi connectivity index (χ0n) is 7.37. The number of hydrogen-bond donors (Lipinski definition) is 1. The van der Waals surface area contributed by atoms with E-state index in [1.54, 1.807) is 11.4 Å². The SMILES string of the molecule is COC(=O)c1c[nH]c(=O)c2ccsc12. The molecular weight excluding hydrogens is 202 g/mol. The number of H-pyrrole nitrogens is 1. The van der Waals surface area contributed by atoms with E-state index in [1.165, 1.54) is 24.6 Å². The van der Waals surface area contributed by atoms with Crippen molar-refractivity contribution in [1.29, 1.82) is 0 Å². The Hall–Kier alpha value is -1.62. The molecule has 14 heavy (non-hydrogen) atoms. The number of thiophene rings is 1. The maximum absolute atomic E-state index is 11.3. The molecule has 2 aromatic rings. The van der Waals surface area contributed by atoms with E-state index < -0.39 is 5.97 Å². The molecule has 0 bridgehead atoms. The van der Waals surface area contributed by atoms with Crippen LogP contribution in [-0.2, 0) is 4.74 Å². The van der Waals surface area contributed by atoms with Gasteiger partial charge in [0.15, 0.2) is 0 Å². The van der Waals surface area contributed by atoms with Gasteiger partial charge in [-0.15, -0.1) is 11.3 Å². The van der Waals surface area contributed by atoms with Crippen molar-refractivity contribution < 1.29 is 9.53 Å². The fourth-order valence-electron chi connectivity index (χ4n) is 1.24. The number of ether oxygens (including phenoxy) is 1. The van der Waals surface area contributed by atoms with Crippen LogP contribution in [0, 0.1) is 0 Å². The van der Waals surface area contributed by atoms with Crippen molar-refractivity contribution in [2.24, 2.45) is 0 Å². The molecule has 0 aliphatic heterocycles. The van der Waals surface area contributed by atoms with Crippen LogP contribution in [0.4, 0.5) is 0 Å². The zero-order chi connectivity index (χ0) is 10.1. The van der Waals surface area contributed by atoms with Crippen LogP contribution in [0.15, 0.2) is 22.4 Å². The molecule has 0 amide bonds. The highest BCUT2D eigenvalue weighted by Gasteiger charge is 2.12. The predicted octanol–water partition coefficient (Wildman–Crippen LogP) is 1.38. The summed E-state index contributed by atoms with van der Waals surface area (Å²) in [5.41, 5.74) is 0.214. The summed E-state index contributed by atoms with van der Waals surface area (Å²) in [6.45, 7) is 0. The molecule has 0 atom stereocenters. The van der Waals surface area contributed by atoms with Gasteiger partial charge in [-0.2, -0.15) is 0 Å². The van der Waals surface area contributed by atoms with Gasteiger partial charge in [0.2, 0.25) is 0 Å². The van der Waals surface area contributed by atoms with Gasteiger partial charge in [0.25, 0.3) is 5.56 Å². The first-order valence-corrected chi connectivity index (χ1v) is 4.79. The summed E-state index contributed by atoms with van der Waals surface area (Å²) >= 11 is 1.35. The van der Waals surface area contributed by atoms with Crippen LogP contribution >= 0.6 is 11.3 Å². The first kappa shape index (κ1) is 8.96. The minimum Gasteiger partial charge on any atom is -0.465 e. The number of fused-ring (bicyclic) bond motifs is 1. The first-order valence-electron chi connectivity index (χ1n) is 3.91. The molecule has 0 aliphatic carbocycles. The van der Waals surface area contributed by atoms with Crippen molar-refractivity contribution >= 4 is 27.4 Å². The van der Waals surface area contributed by atoms with Crippen molar-refractivity contribution in [3.8, 4) is 0 Å². The number of carbonyl (C=O) groups excluding carboxylic acids is 1. The lowest BCUT2D eigenvalue weighted by atomic mass is 10.2. The normalized spacial score (nSPS) is 10.4. The lowest BCUT2D eigenvalue weighted by molar-refractivity contribution is 0.0603. The Labute approximate surface area is 83.1 Å². The van der Waals surface area contributed by atoms with E-state index in [4.69, 9.17) is 0 Å². The molecule has 0 unspecified atom stereocenters. The molecule has 4 nitrogen and oxygen atoms in total. The molecule has 0 saturated carbocycles. The second-order valence-electron chi connectivity index (χ2n) is 2.69. The third-order valence-electron chi connectivity index (χ3n) is 1.91. The third-order valence-corrected chi connectivity index (χ3v) is 2.86. The van der Waals surface area contributed by atoms with E-state index in [0.717, 1.165) is 0 Å². The second-order valence-corrected chi connectivity index (χ2v) is 3.60. The molecule has 0 radical (unpaired) electrons. The predicted molar refractivity (Wildman–Crippen MR) is 53.8 cm³/mol. The molecule has 2 heterocycles. The number of esters is 1. The van der Waals surface area contributed by atoms with E-state index in [9.17, 15) is 9.59 Å². The Morgan fingerprint density at radius 2 is 2.36 bits per heavy atom. The summed E-state index contributed by atoms with van der Waals surface area (Å²) in [5, 5.41) is 2.30. The number of methoxy groups -OCH3 is 1. The summed E-state index contributed by atoms with van der Waals surface area (Å²) < 4.78 is 5.27. The summed E-state index contributed by atoms with van der Waals surface area (Å²) in [6.07, 6.45) is 1.38. The van der Waals surface area contributed by atoms with Crippen molar-refractivity contribution in [1.82, 2.24) is 4.98 Å². The Kier molecular flexibility index (Phi) is 2.09. The standard InChI is InChI=1S/C9H7NO3S/c1-13-9(12)6-4-10-8(11)5-2-3-14-7(5)6/h2-4H,1H3,(H,10,11). The summed E-state index contributed by atoms with van der Waals surface area (Å²) in [7, 11) is 1.31. The smallest absolute Gasteiger partial charge is 0.340 e. The van der Waals surface area contributed by atoms with Gasteiger partial charge in [-0.05, 0) is 11.4 Å². The van der Waals surface area contributed by atoms with Crippen LogP contribution in [-0.4, -0.2) is 18.1 Å². The molecule has 0 aliphatic rings. The molecule has 0 fully saturated rings. The van der Waals surface area contributed by atoms with Gasteiger partial charge in [0, 0.05) is 6.20 Å². The van der Waals surface area contributed by atoms with Gasteiger partial charge >= 0.3 is 5.97 Å². The number of carbonyl (C=O) groups is 1. The average molecular weight is 209 g/mol. The quantitative estimate of drug-likeness (QED) is 0.722. The Bertz CT molecular complexity index is 540. The number of pyridine rings is 1. The Morgan fingerprint density at radius 1 is 1.57 bits per heavy atom. The Morgan fingerprint density at radius 3 is 3.07 bits per heavy atom. The van der Waals surface area contributed by atoms with Crippen LogP contribution in [0.2, 0.25) is 0 Å². The second kappa shape index (κ2) is 3.26. The fraction of sp³-hybridized carbons (Fsp3) is 0.111. The van der Waals surface area contributed by atoms with Gasteiger partial charge in [-0.1, -0.05) is 0 Å². The number of hydrogen-bond acceptors (Lipinski definition) is 4. The minimum atomic E-state index is -0.436. The molecule has 2 rings (SSSR count). The van der Waals surface area contributed by atoms with Crippen LogP contribution in [0.1, 0.15) is 10.4 Å². The van der Waals surface area contributed by atoms with Crippen molar-refractivity contribution in [3.63, 3.8) is 0 Å². The van der Waals surface area contributed by atoms with E-state index in [0.29, 0.717) is 15.6 Å². The largest absolute Gasteiger partial charge is 0.465 e. The zero-order valence-corrected chi connectivity index (χ0v) is 8.18. The monoisotopic (exact) mass is 209 g/mol. The summed E-state index contributed by atoms with van der Waals surface area (Å²) in [6, 6.07) is 1.69. The van der Waals surface area contributed by atoms with Gasteiger partial charge in [0.05, 0.1) is 22.8 Å². The van der Waals surface area contributed by atoms with Crippen LogP contribution < -0.4 is 5.56 Å². The van der Waals surface area contributed by atoms with E-state index >= 15 is 0 Å². The number of rotatable bonds is 1. The lowest BCUT2D eigenvalue weighted by Gasteiger charge is -1.99. The van der Waals surface area contributed by atoms with Crippen LogP contribution in [0.3, 0.4) is 0 Å². The molecule has 5 heteroatoms. The summed E-state index contributed by atoms with van der Waals surface area (Å²) in [4.78, 5) is 25.1. The molecule has 72 valence electrons. The van der Waals surface area contributed by atoms with Gasteiger partial charge < -0.3 is 9.72 Å². The molecule has 0 saturated heterocycles. The van der Waals surface area contributed by atoms with Gasteiger partial charge in [-0.25, -0.2) is 4.79 Å². The van der Waals surface area contributed by atoms with E-state index in [1.807, 2.05) is 0 Å². The highest BCUT2D eigenvalue weighted by Crippen LogP contribution is 2.21. The molecular formula is C9H7NO3S. The topological polar surface area (TPSA) is 59.2 Å². The maximum atomic E-state index is 11.3. The highest BCUT2D eigenvalue weighted by molar-refractivity contribution is 7.17. The minimum absolute atomic E-state index is 0.186. The fourth-order valence-corrected chi connectivity index (χ4v) is 2.14. The van der Waals surface area contributed by atoms with Crippen molar-refractivity contribution in [2.45, 2.75) is 0 Å². The number of nitrogens with one attached hydrogen (secondary N) is 1. The first-order chi connectivity index (χ1) is 6.74. The maximum Gasteiger partial charge on any atom is 0.340 e. The molecule has 0 spiro atoms. The van der Waals surface area contributed by atoms with Gasteiger partial charge in [-0.3, -0.25) is 4.79 Å². The summed E-state index contributed by atoms with van der Waals surface area (Å²) in [5.74, 6) is -0.436. The van der Waals surface area contributed by atoms with Crippen LogP contribution in [0.5, 0.6) is 0 Å². The number of aromatic nitrogens is 1. The number of aromatic amines is 1. The van der Waals surface area contributed by atoms with Crippen molar-refractivity contribution in [3.05, 3.63) is 33.6 Å². The third kappa shape index (κ3) is 1.22. The molecule has 1 N–H and O–H groups in total. The molecule has 0 aromatic carbocycles. The lowest BCUT2D eigenvalue weighted by Crippen LogP contribution is -2.09.